The van der Waals surface area contributed by atoms with Gasteiger partial charge < -0.3 is 4.57 Å². The highest BCUT2D eigenvalue weighted by Crippen LogP contribution is 2.27. The molecule has 8 heteroatoms. The number of rotatable bonds is 3. The normalized spacial score (nSPS) is 15.5. The molecule has 5 nitrogen and oxygen atoms in total. The summed E-state index contributed by atoms with van der Waals surface area (Å²) in [6.07, 6.45) is 1.45. The molecule has 1 aromatic heterocycles. The molecule has 2 aromatic carbocycles. The molecule has 4 rings (SSSR count). The molecule has 0 bridgehead atoms. The molecule has 1 fully saturated rings. The minimum absolute atomic E-state index is 0.0415. The molecule has 0 aliphatic carbocycles. The summed E-state index contributed by atoms with van der Waals surface area (Å²) >= 11 is 5.11. The Balaban J connectivity index is 1.77. The third kappa shape index (κ3) is 3.66. The van der Waals surface area contributed by atoms with E-state index in [1.807, 2.05) is 24.5 Å². The van der Waals surface area contributed by atoms with Gasteiger partial charge in [-0.1, -0.05) is 12.1 Å². The summed E-state index contributed by atoms with van der Waals surface area (Å²) in [7, 11) is 0. The Kier molecular flexibility index (Phi) is 5.24. The number of hydrogen-bond donors (Lipinski definition) is 1. The summed E-state index contributed by atoms with van der Waals surface area (Å²) < 4.78 is 29.5. The van der Waals surface area contributed by atoms with Crippen LogP contribution in [0.15, 0.2) is 60.2 Å². The number of nitrogens with one attached hydrogen (secondary N) is 1. The number of carbonyl (C=O) groups excluding carboxylic acids is 2. The number of para-hydroxylation sites is 1. The van der Waals surface area contributed by atoms with Crippen molar-refractivity contribution in [1.29, 1.82) is 0 Å². The number of benzene rings is 2. The van der Waals surface area contributed by atoms with Gasteiger partial charge in [-0.15, -0.1) is 0 Å². The smallest absolute Gasteiger partial charge is 0.270 e. The molecule has 1 N–H and O–H groups in total. The highest BCUT2D eigenvalue weighted by molar-refractivity contribution is 7.80. The van der Waals surface area contributed by atoms with Gasteiger partial charge >= 0.3 is 0 Å². The van der Waals surface area contributed by atoms with Gasteiger partial charge in [0.2, 0.25) is 0 Å². The highest BCUT2D eigenvalue weighted by atomic mass is 32.1. The van der Waals surface area contributed by atoms with Crippen LogP contribution in [0.5, 0.6) is 0 Å². The van der Waals surface area contributed by atoms with Crippen LogP contribution in [-0.4, -0.2) is 21.5 Å². The highest BCUT2D eigenvalue weighted by Gasteiger charge is 2.35. The maximum absolute atomic E-state index is 14.3. The summed E-state index contributed by atoms with van der Waals surface area (Å²) in [5.41, 5.74) is 2.75. The second-order valence-corrected chi connectivity index (χ2v) is 7.43. The van der Waals surface area contributed by atoms with E-state index in [1.165, 1.54) is 36.4 Å². The van der Waals surface area contributed by atoms with Crippen LogP contribution in [-0.2, 0) is 9.59 Å². The van der Waals surface area contributed by atoms with Crippen LogP contribution in [0.25, 0.3) is 11.8 Å². The van der Waals surface area contributed by atoms with E-state index in [4.69, 9.17) is 12.2 Å². The number of anilines is 1. The van der Waals surface area contributed by atoms with Crippen molar-refractivity contribution in [2.75, 3.05) is 4.90 Å². The number of thiocarbonyl (C=S) groups is 1. The van der Waals surface area contributed by atoms with Crippen LogP contribution < -0.4 is 10.2 Å². The standard InChI is InChI=1S/C23H17F2N3O2S/c1-13-11-15(14(2)27(13)17-9-7-16(24)8-10-17)12-18-21(29)26-23(31)28(22(18)30)20-6-4-3-5-19(20)25/h3-12H,1-2H3,(H,26,29,31)/b18-12-. The van der Waals surface area contributed by atoms with Gasteiger partial charge in [-0.2, -0.15) is 0 Å². The first-order valence-electron chi connectivity index (χ1n) is 9.39. The Bertz CT molecular complexity index is 1260. The Labute approximate surface area is 182 Å². The predicted octanol–water partition coefficient (Wildman–Crippen LogP) is 4.20. The van der Waals surface area contributed by atoms with Crippen LogP contribution in [0.1, 0.15) is 17.0 Å². The van der Waals surface area contributed by atoms with Crippen LogP contribution in [0, 0.1) is 25.5 Å². The fourth-order valence-electron chi connectivity index (χ4n) is 3.59. The zero-order valence-corrected chi connectivity index (χ0v) is 17.5. The lowest BCUT2D eigenvalue weighted by Crippen LogP contribution is -2.54. The van der Waals surface area contributed by atoms with Crippen LogP contribution in [0.2, 0.25) is 0 Å². The molecule has 2 amide bonds. The lowest BCUT2D eigenvalue weighted by atomic mass is 10.1. The molecular weight excluding hydrogens is 420 g/mol. The Morgan fingerprint density at radius 2 is 1.68 bits per heavy atom. The first-order valence-corrected chi connectivity index (χ1v) is 9.79. The quantitative estimate of drug-likeness (QED) is 0.380. The van der Waals surface area contributed by atoms with E-state index in [-0.39, 0.29) is 22.2 Å². The molecule has 31 heavy (non-hydrogen) atoms. The molecule has 0 unspecified atom stereocenters. The van der Waals surface area contributed by atoms with Crippen molar-refractivity contribution in [3.63, 3.8) is 0 Å². The average molecular weight is 437 g/mol. The van der Waals surface area contributed by atoms with Gasteiger partial charge in [-0.25, -0.2) is 13.7 Å². The van der Waals surface area contributed by atoms with E-state index in [1.54, 1.807) is 18.2 Å². The molecule has 156 valence electrons. The van der Waals surface area contributed by atoms with E-state index in [0.29, 0.717) is 5.56 Å². The lowest BCUT2D eigenvalue weighted by molar-refractivity contribution is -0.122. The zero-order chi connectivity index (χ0) is 22.3. The molecule has 1 saturated heterocycles. The predicted molar refractivity (Wildman–Crippen MR) is 118 cm³/mol. The Morgan fingerprint density at radius 1 is 1.00 bits per heavy atom. The number of hydrogen-bond acceptors (Lipinski definition) is 3. The van der Waals surface area contributed by atoms with Crippen molar-refractivity contribution in [1.82, 2.24) is 9.88 Å². The minimum atomic E-state index is -0.717. The van der Waals surface area contributed by atoms with Crippen molar-refractivity contribution >= 4 is 40.9 Å². The third-order valence-corrected chi connectivity index (χ3v) is 5.33. The summed E-state index contributed by atoms with van der Waals surface area (Å²) in [5, 5.41) is 2.26. The molecular formula is C23H17F2N3O2S. The van der Waals surface area contributed by atoms with Gasteiger partial charge in [0.1, 0.15) is 17.2 Å². The largest absolute Gasteiger partial charge is 0.318 e. The molecule has 0 radical (unpaired) electrons. The second kappa shape index (κ2) is 7.88. The van der Waals surface area contributed by atoms with E-state index in [9.17, 15) is 18.4 Å². The third-order valence-electron chi connectivity index (χ3n) is 5.05. The second-order valence-electron chi connectivity index (χ2n) is 7.05. The van der Waals surface area contributed by atoms with Crippen LogP contribution in [0.3, 0.4) is 0 Å². The van der Waals surface area contributed by atoms with Crippen molar-refractivity contribution in [2.45, 2.75) is 13.8 Å². The molecule has 0 atom stereocenters. The fourth-order valence-corrected chi connectivity index (χ4v) is 3.86. The molecule has 0 saturated carbocycles. The number of nitrogens with zero attached hydrogens (tertiary/aromatic N) is 2. The number of halogens is 2. The number of aryl methyl sites for hydroxylation is 1. The van der Waals surface area contributed by atoms with E-state index in [0.717, 1.165) is 22.0 Å². The van der Waals surface area contributed by atoms with Gasteiger partial charge in [0.25, 0.3) is 11.8 Å². The monoisotopic (exact) mass is 437 g/mol. The van der Waals surface area contributed by atoms with Gasteiger partial charge in [-0.05, 0) is 80.2 Å². The first-order chi connectivity index (χ1) is 14.8. The van der Waals surface area contributed by atoms with Crippen molar-refractivity contribution in [2.24, 2.45) is 0 Å². The maximum Gasteiger partial charge on any atom is 0.270 e. The molecule has 1 aliphatic rings. The molecule has 1 aliphatic heterocycles. The average Bonchev–Trinajstić information content (AvgIpc) is 3.00. The van der Waals surface area contributed by atoms with Gasteiger partial charge in [0, 0.05) is 17.1 Å². The SMILES string of the molecule is Cc1cc(/C=C2/C(=O)NC(=S)N(c3ccccc3F)C2=O)c(C)n1-c1ccc(F)cc1. The van der Waals surface area contributed by atoms with Gasteiger partial charge in [0.15, 0.2) is 5.11 Å². The topological polar surface area (TPSA) is 54.3 Å². The van der Waals surface area contributed by atoms with E-state index < -0.39 is 17.6 Å². The summed E-state index contributed by atoms with van der Waals surface area (Å²) in [6, 6.07) is 13.5. The van der Waals surface area contributed by atoms with Crippen LogP contribution >= 0.6 is 12.2 Å². The summed E-state index contributed by atoms with van der Waals surface area (Å²) in [5.74, 6) is -2.36. The van der Waals surface area contributed by atoms with Crippen molar-refractivity contribution in [3.8, 4) is 5.69 Å². The Morgan fingerprint density at radius 3 is 2.35 bits per heavy atom. The Hall–Kier alpha value is -3.65. The molecule has 0 spiro atoms. The fraction of sp³-hybridized carbons (Fsp3) is 0.0870. The number of carbonyl (C=O) groups is 2. The van der Waals surface area contributed by atoms with Gasteiger partial charge in [-0.3, -0.25) is 14.9 Å². The van der Waals surface area contributed by atoms with Crippen molar-refractivity contribution in [3.05, 3.63) is 88.8 Å². The molecule has 3 aromatic rings. The zero-order valence-electron chi connectivity index (χ0n) is 16.6. The number of aromatic nitrogens is 1. The maximum atomic E-state index is 14.3. The number of amides is 2. The van der Waals surface area contributed by atoms with Crippen LogP contribution in [0.4, 0.5) is 14.5 Å². The van der Waals surface area contributed by atoms with Crippen molar-refractivity contribution < 1.29 is 18.4 Å². The minimum Gasteiger partial charge on any atom is -0.318 e. The van der Waals surface area contributed by atoms with Gasteiger partial charge in [0.05, 0.1) is 5.69 Å². The first kappa shape index (κ1) is 20.6. The lowest BCUT2D eigenvalue weighted by Gasteiger charge is -2.29. The summed E-state index contributed by atoms with van der Waals surface area (Å²) in [4.78, 5) is 26.6. The van der Waals surface area contributed by atoms with E-state index >= 15 is 0 Å². The van der Waals surface area contributed by atoms with E-state index in [2.05, 4.69) is 5.32 Å². The molecule has 2 heterocycles. The summed E-state index contributed by atoms with van der Waals surface area (Å²) in [6.45, 7) is 3.69.